The Morgan fingerprint density at radius 1 is 1.21 bits per heavy atom. The van der Waals surface area contributed by atoms with E-state index in [1.165, 1.54) is 25.3 Å². The van der Waals surface area contributed by atoms with Gasteiger partial charge in [0.2, 0.25) is 5.95 Å². The predicted octanol–water partition coefficient (Wildman–Crippen LogP) is 3.51. The maximum absolute atomic E-state index is 14.5. The van der Waals surface area contributed by atoms with E-state index in [0.717, 1.165) is 24.7 Å². The molecule has 4 bridgehead atoms. The highest BCUT2D eigenvalue weighted by molar-refractivity contribution is 5.93. The highest BCUT2D eigenvalue weighted by Crippen LogP contribution is 2.60. The lowest BCUT2D eigenvalue weighted by Crippen LogP contribution is -2.53. The van der Waals surface area contributed by atoms with Crippen molar-refractivity contribution in [1.29, 1.82) is 5.26 Å². The summed E-state index contributed by atoms with van der Waals surface area (Å²) in [4.78, 5) is 26.4. The SMILES string of the molecule is C[C@@H]1CN(c2ccc(C#N)cc2F)CCN1c1nccc(C(=O)N[C@]23C[C@@H]4C[C@@H](C[C@H]2C4)C3)n1. The molecule has 2 aromatic rings. The monoisotopic (exact) mass is 460 g/mol. The molecule has 0 unspecified atom stereocenters. The molecule has 4 aliphatic carbocycles. The average Bonchev–Trinajstić information content (AvgIpc) is 3.21. The number of nitrogens with zero attached hydrogens (tertiary/aromatic N) is 5. The van der Waals surface area contributed by atoms with E-state index in [4.69, 9.17) is 5.26 Å². The molecule has 7 nitrogen and oxygen atoms in total. The van der Waals surface area contributed by atoms with Gasteiger partial charge in [0.1, 0.15) is 11.5 Å². The van der Waals surface area contributed by atoms with Gasteiger partial charge in [0, 0.05) is 37.4 Å². The Labute approximate surface area is 199 Å². The molecule has 0 spiro atoms. The molecule has 1 aliphatic heterocycles. The second kappa shape index (κ2) is 7.93. The number of rotatable bonds is 4. The minimum absolute atomic E-state index is 0.0279. The van der Waals surface area contributed by atoms with Gasteiger partial charge in [0.05, 0.1) is 17.3 Å². The summed E-state index contributed by atoms with van der Waals surface area (Å²) in [5, 5.41) is 12.4. The molecule has 1 amide bonds. The first kappa shape index (κ1) is 21.3. The van der Waals surface area contributed by atoms with Crippen molar-refractivity contribution in [1.82, 2.24) is 15.3 Å². The Morgan fingerprint density at radius 3 is 2.71 bits per heavy atom. The van der Waals surface area contributed by atoms with Crippen LogP contribution in [0.15, 0.2) is 30.5 Å². The van der Waals surface area contributed by atoms with Crippen LogP contribution in [0.1, 0.15) is 55.1 Å². The van der Waals surface area contributed by atoms with Crippen molar-refractivity contribution in [2.24, 2.45) is 17.8 Å². The van der Waals surface area contributed by atoms with Crippen LogP contribution >= 0.6 is 0 Å². The fourth-order valence-corrected chi connectivity index (χ4v) is 7.21. The van der Waals surface area contributed by atoms with Gasteiger partial charge in [-0.05, 0) is 81.0 Å². The van der Waals surface area contributed by atoms with Gasteiger partial charge in [0.25, 0.3) is 5.91 Å². The van der Waals surface area contributed by atoms with Gasteiger partial charge in [-0.1, -0.05) is 0 Å². The normalized spacial score (nSPS) is 31.6. The molecule has 5 aliphatic rings. The van der Waals surface area contributed by atoms with E-state index < -0.39 is 0 Å². The summed E-state index contributed by atoms with van der Waals surface area (Å²) in [6.45, 7) is 3.86. The zero-order valence-corrected chi connectivity index (χ0v) is 19.4. The lowest BCUT2D eigenvalue weighted by Gasteiger charge is -2.41. The van der Waals surface area contributed by atoms with Crippen molar-refractivity contribution >= 4 is 17.5 Å². The molecule has 2 heterocycles. The van der Waals surface area contributed by atoms with E-state index in [1.807, 2.05) is 11.0 Å². The van der Waals surface area contributed by atoms with Crippen molar-refractivity contribution in [2.75, 3.05) is 29.4 Å². The minimum atomic E-state index is -0.385. The quantitative estimate of drug-likeness (QED) is 0.752. The minimum Gasteiger partial charge on any atom is -0.365 e. The molecule has 5 fully saturated rings. The number of nitrogens with one attached hydrogen (secondary N) is 1. The van der Waals surface area contributed by atoms with Crippen LogP contribution in [0.25, 0.3) is 0 Å². The Hall–Kier alpha value is -3.21. The molecule has 1 aromatic carbocycles. The summed E-state index contributed by atoms with van der Waals surface area (Å²) in [6.07, 6.45) is 7.74. The first-order valence-corrected chi connectivity index (χ1v) is 12.3. The van der Waals surface area contributed by atoms with Gasteiger partial charge in [-0.15, -0.1) is 0 Å². The van der Waals surface area contributed by atoms with Crippen LogP contribution in [0.4, 0.5) is 16.0 Å². The van der Waals surface area contributed by atoms with Gasteiger partial charge in [-0.2, -0.15) is 5.26 Å². The van der Waals surface area contributed by atoms with Gasteiger partial charge in [-0.3, -0.25) is 4.79 Å². The maximum Gasteiger partial charge on any atom is 0.270 e. The van der Waals surface area contributed by atoms with Crippen molar-refractivity contribution in [3.63, 3.8) is 0 Å². The van der Waals surface area contributed by atoms with E-state index >= 15 is 0 Å². The second-order valence-electron chi connectivity index (χ2n) is 10.7. The van der Waals surface area contributed by atoms with Crippen molar-refractivity contribution < 1.29 is 9.18 Å². The topological polar surface area (TPSA) is 85.2 Å². The summed E-state index contributed by atoms with van der Waals surface area (Å²) in [6, 6.07) is 8.28. The predicted molar refractivity (Wildman–Crippen MR) is 126 cm³/mol. The maximum atomic E-state index is 14.5. The van der Waals surface area contributed by atoms with Gasteiger partial charge >= 0.3 is 0 Å². The number of amides is 1. The fraction of sp³-hybridized carbons (Fsp3) is 0.538. The Balaban J connectivity index is 1.15. The molecule has 1 saturated heterocycles. The Morgan fingerprint density at radius 2 is 2.00 bits per heavy atom. The number of hydrogen-bond donors (Lipinski definition) is 1. The van der Waals surface area contributed by atoms with Crippen LogP contribution in [0.5, 0.6) is 0 Å². The summed E-state index contributed by atoms with van der Waals surface area (Å²) < 4.78 is 14.5. The number of aromatic nitrogens is 2. The highest BCUT2D eigenvalue weighted by Gasteiger charge is 2.58. The smallest absolute Gasteiger partial charge is 0.270 e. The number of hydrogen-bond acceptors (Lipinski definition) is 6. The van der Waals surface area contributed by atoms with E-state index in [0.29, 0.717) is 48.4 Å². The standard InChI is InChI=1S/C26H29FN6O/c1-16-15-32(23-3-2-17(14-28)11-21(23)27)6-7-33(16)25-29-5-4-22(30-25)24(34)31-26-12-18-8-19(13-26)10-20(26)9-18/h2-5,11,16,18-20H,6-10,12-13,15H2,1H3,(H,31,34)/t16-,18-,19+,20-,26+/m1/s1. The highest BCUT2D eigenvalue weighted by atomic mass is 19.1. The van der Waals surface area contributed by atoms with Gasteiger partial charge < -0.3 is 15.1 Å². The Kier molecular flexibility index (Phi) is 4.98. The molecule has 1 N–H and O–H groups in total. The number of halogens is 1. The molecule has 1 aromatic heterocycles. The van der Waals surface area contributed by atoms with Gasteiger partial charge in [-0.25, -0.2) is 14.4 Å². The van der Waals surface area contributed by atoms with E-state index in [-0.39, 0.29) is 23.3 Å². The van der Waals surface area contributed by atoms with Crippen molar-refractivity contribution in [3.8, 4) is 6.07 Å². The van der Waals surface area contributed by atoms with Gasteiger partial charge in [0.15, 0.2) is 0 Å². The van der Waals surface area contributed by atoms with Crippen LogP contribution in [0, 0.1) is 34.9 Å². The van der Waals surface area contributed by atoms with Crippen molar-refractivity contribution in [2.45, 2.75) is 50.6 Å². The van der Waals surface area contributed by atoms with Crippen LogP contribution in [0.3, 0.4) is 0 Å². The third kappa shape index (κ3) is 3.49. The zero-order chi connectivity index (χ0) is 23.4. The number of benzene rings is 1. The van der Waals surface area contributed by atoms with E-state index in [2.05, 4.69) is 27.1 Å². The average molecular weight is 461 g/mol. The first-order valence-electron chi connectivity index (χ1n) is 12.3. The summed E-state index contributed by atoms with van der Waals surface area (Å²) in [5.41, 5.74) is 1.20. The molecule has 8 heteroatoms. The van der Waals surface area contributed by atoms with E-state index in [1.54, 1.807) is 24.4 Å². The molecule has 34 heavy (non-hydrogen) atoms. The molecular weight excluding hydrogens is 431 g/mol. The third-order valence-electron chi connectivity index (χ3n) is 8.53. The summed E-state index contributed by atoms with van der Waals surface area (Å²) >= 11 is 0. The van der Waals surface area contributed by atoms with Crippen LogP contribution in [-0.2, 0) is 0 Å². The third-order valence-corrected chi connectivity index (χ3v) is 8.53. The molecule has 5 atom stereocenters. The lowest BCUT2D eigenvalue weighted by atomic mass is 9.80. The molecule has 7 rings (SSSR count). The first-order chi connectivity index (χ1) is 16.4. The molecule has 4 saturated carbocycles. The Bertz CT molecular complexity index is 1160. The number of carbonyl (C=O) groups excluding carboxylic acids is 1. The largest absolute Gasteiger partial charge is 0.365 e. The van der Waals surface area contributed by atoms with Crippen LogP contribution in [-0.4, -0.2) is 47.1 Å². The number of piperazine rings is 1. The molecule has 176 valence electrons. The van der Waals surface area contributed by atoms with Crippen LogP contribution in [0.2, 0.25) is 0 Å². The second-order valence-corrected chi connectivity index (χ2v) is 10.7. The summed E-state index contributed by atoms with van der Waals surface area (Å²) in [5.74, 6) is 2.23. The zero-order valence-electron chi connectivity index (χ0n) is 19.4. The lowest BCUT2D eigenvalue weighted by molar-refractivity contribution is 0.0869. The van der Waals surface area contributed by atoms with Crippen LogP contribution < -0.4 is 15.1 Å². The number of carbonyl (C=O) groups is 1. The molecule has 0 radical (unpaired) electrons. The number of anilines is 2. The molecular formula is C26H29FN6O. The summed E-state index contributed by atoms with van der Waals surface area (Å²) in [7, 11) is 0. The fourth-order valence-electron chi connectivity index (χ4n) is 7.21. The van der Waals surface area contributed by atoms with E-state index in [9.17, 15) is 9.18 Å². The van der Waals surface area contributed by atoms with Crippen molar-refractivity contribution in [3.05, 3.63) is 47.5 Å². The number of nitriles is 1.